The van der Waals surface area contributed by atoms with E-state index < -0.39 is 12.2 Å². The van der Waals surface area contributed by atoms with Crippen LogP contribution < -0.4 is 10.9 Å². The predicted molar refractivity (Wildman–Crippen MR) is 113 cm³/mol. The van der Waals surface area contributed by atoms with Crippen LogP contribution in [0, 0.1) is 0 Å². The van der Waals surface area contributed by atoms with E-state index in [1.165, 1.54) is 28.1 Å². The van der Waals surface area contributed by atoms with Crippen molar-refractivity contribution in [2.75, 3.05) is 5.32 Å². The largest absolute Gasteiger partial charge is 0.367 e. The Morgan fingerprint density at radius 2 is 1.84 bits per heavy atom. The lowest BCUT2D eigenvalue weighted by Gasteiger charge is -2.30. The average Bonchev–Trinajstić information content (AvgIpc) is 3.35. The van der Waals surface area contributed by atoms with Crippen LogP contribution in [0.25, 0.3) is 16.7 Å². The lowest BCUT2D eigenvalue weighted by atomic mass is 9.91. The first-order chi connectivity index (χ1) is 15.6. The first kappa shape index (κ1) is 20.2. The molecular weight excluding hydrogens is 418 g/mol. The standard InChI is InChI=1S/C21H20F2N8O/c22-19(23)21-27-16-4-2-1-3-15(16)20(28-21)26-13-5-7-14(8-6-13)31-18(32)10-9-17(29-31)30-12-24-11-25-30/h1-4,9-14,19H,5-8H2,(H,26,27,28). The summed E-state index contributed by atoms with van der Waals surface area (Å²) in [7, 11) is 0. The van der Waals surface area contributed by atoms with Crippen LogP contribution in [0.5, 0.6) is 0 Å². The number of nitrogens with zero attached hydrogens (tertiary/aromatic N) is 7. The third kappa shape index (κ3) is 3.93. The summed E-state index contributed by atoms with van der Waals surface area (Å²) in [5.41, 5.74) is 0.309. The number of fused-ring (bicyclic) bond motifs is 1. The zero-order valence-electron chi connectivity index (χ0n) is 17.0. The fourth-order valence-corrected chi connectivity index (χ4v) is 4.09. The van der Waals surface area contributed by atoms with Crippen molar-refractivity contribution in [3.05, 3.63) is 65.2 Å². The van der Waals surface area contributed by atoms with E-state index in [4.69, 9.17) is 0 Å². The van der Waals surface area contributed by atoms with Gasteiger partial charge in [0.05, 0.1) is 11.6 Å². The molecule has 9 nitrogen and oxygen atoms in total. The molecule has 5 rings (SSSR count). The minimum Gasteiger partial charge on any atom is -0.367 e. The number of aromatic nitrogens is 7. The highest BCUT2D eigenvalue weighted by atomic mass is 19.3. The van der Waals surface area contributed by atoms with Gasteiger partial charge in [0.2, 0.25) is 0 Å². The van der Waals surface area contributed by atoms with Gasteiger partial charge < -0.3 is 5.32 Å². The molecule has 0 saturated heterocycles. The van der Waals surface area contributed by atoms with Crippen molar-refractivity contribution in [1.82, 2.24) is 34.5 Å². The Morgan fingerprint density at radius 1 is 1.03 bits per heavy atom. The second-order valence-corrected chi connectivity index (χ2v) is 7.71. The summed E-state index contributed by atoms with van der Waals surface area (Å²) in [6, 6.07) is 10.2. The van der Waals surface area contributed by atoms with Gasteiger partial charge in [0.15, 0.2) is 11.6 Å². The lowest BCUT2D eigenvalue weighted by molar-refractivity contribution is 0.141. The molecule has 0 aliphatic heterocycles. The minimum atomic E-state index is -2.74. The third-order valence-corrected chi connectivity index (χ3v) is 5.66. The van der Waals surface area contributed by atoms with E-state index in [9.17, 15) is 13.6 Å². The number of para-hydroxylation sites is 1. The molecule has 0 atom stereocenters. The summed E-state index contributed by atoms with van der Waals surface area (Å²) >= 11 is 0. The van der Waals surface area contributed by atoms with Crippen molar-refractivity contribution in [3.63, 3.8) is 0 Å². The quantitative estimate of drug-likeness (QED) is 0.510. The Bertz CT molecular complexity index is 1280. The molecule has 4 aromatic rings. The van der Waals surface area contributed by atoms with Crippen LogP contribution >= 0.6 is 0 Å². The van der Waals surface area contributed by atoms with Crippen molar-refractivity contribution in [2.24, 2.45) is 0 Å². The molecule has 1 aromatic carbocycles. The number of benzene rings is 1. The average molecular weight is 438 g/mol. The van der Waals surface area contributed by atoms with Gasteiger partial charge in [-0.2, -0.15) is 5.10 Å². The van der Waals surface area contributed by atoms with E-state index in [0.717, 1.165) is 25.7 Å². The SMILES string of the molecule is O=c1ccc(-n2cncn2)nn1C1CCC(Nc2nc(C(F)F)nc3ccccc23)CC1. The monoisotopic (exact) mass is 438 g/mol. The molecule has 1 aliphatic carbocycles. The maximum atomic E-state index is 13.3. The zero-order valence-corrected chi connectivity index (χ0v) is 17.0. The molecular formula is C21H20F2N8O. The second kappa shape index (κ2) is 8.40. The van der Waals surface area contributed by atoms with Gasteiger partial charge in [-0.15, -0.1) is 5.10 Å². The Morgan fingerprint density at radius 3 is 2.59 bits per heavy atom. The van der Waals surface area contributed by atoms with E-state index in [0.29, 0.717) is 22.5 Å². The predicted octanol–water partition coefficient (Wildman–Crippen LogP) is 3.30. The van der Waals surface area contributed by atoms with E-state index >= 15 is 0 Å². The molecule has 1 N–H and O–H groups in total. The number of hydrogen-bond acceptors (Lipinski definition) is 7. The van der Waals surface area contributed by atoms with Crippen molar-refractivity contribution in [2.45, 2.75) is 44.2 Å². The third-order valence-electron chi connectivity index (χ3n) is 5.66. The zero-order chi connectivity index (χ0) is 22.1. The fourth-order valence-electron chi connectivity index (χ4n) is 4.09. The second-order valence-electron chi connectivity index (χ2n) is 7.71. The van der Waals surface area contributed by atoms with Crippen molar-refractivity contribution < 1.29 is 8.78 Å². The van der Waals surface area contributed by atoms with Crippen LogP contribution in [0.2, 0.25) is 0 Å². The number of alkyl halides is 2. The summed E-state index contributed by atoms with van der Waals surface area (Å²) in [5, 5.41) is 12.5. The molecule has 0 amide bonds. The first-order valence-electron chi connectivity index (χ1n) is 10.3. The highest BCUT2D eigenvalue weighted by Crippen LogP contribution is 2.31. The van der Waals surface area contributed by atoms with Gasteiger partial charge in [0, 0.05) is 17.5 Å². The first-order valence-corrected chi connectivity index (χ1v) is 10.3. The van der Waals surface area contributed by atoms with Gasteiger partial charge in [-0.25, -0.2) is 33.1 Å². The smallest absolute Gasteiger partial charge is 0.297 e. The summed E-state index contributed by atoms with van der Waals surface area (Å²) in [6.45, 7) is 0. The molecule has 32 heavy (non-hydrogen) atoms. The van der Waals surface area contributed by atoms with E-state index in [-0.39, 0.29) is 17.6 Å². The number of rotatable bonds is 5. The Kier molecular flexibility index (Phi) is 5.29. The van der Waals surface area contributed by atoms with Crippen molar-refractivity contribution in [1.29, 1.82) is 0 Å². The molecule has 3 heterocycles. The van der Waals surface area contributed by atoms with Crippen LogP contribution in [0.1, 0.15) is 44.0 Å². The van der Waals surface area contributed by atoms with Crippen molar-refractivity contribution >= 4 is 16.7 Å². The van der Waals surface area contributed by atoms with Gasteiger partial charge >= 0.3 is 0 Å². The molecule has 0 bridgehead atoms. The van der Waals surface area contributed by atoms with Gasteiger partial charge in [0.25, 0.3) is 12.0 Å². The normalized spacial score (nSPS) is 18.8. The summed E-state index contributed by atoms with van der Waals surface area (Å²) < 4.78 is 29.5. The Hall–Kier alpha value is -3.76. The molecule has 164 valence electrons. The Labute approximate surface area is 181 Å². The number of nitrogens with one attached hydrogen (secondary N) is 1. The minimum absolute atomic E-state index is 0.0456. The number of halogens is 2. The molecule has 1 fully saturated rings. The van der Waals surface area contributed by atoms with Crippen molar-refractivity contribution in [3.8, 4) is 5.82 Å². The van der Waals surface area contributed by atoms with Crippen LogP contribution in [0.3, 0.4) is 0 Å². The van der Waals surface area contributed by atoms with E-state index in [1.54, 1.807) is 18.2 Å². The number of hydrogen-bond donors (Lipinski definition) is 1. The fraction of sp³-hybridized carbons (Fsp3) is 0.333. The molecule has 0 unspecified atom stereocenters. The van der Waals surface area contributed by atoms with Crippen LogP contribution in [-0.4, -0.2) is 40.6 Å². The van der Waals surface area contributed by atoms with Gasteiger partial charge in [-0.05, 0) is 43.9 Å². The highest BCUT2D eigenvalue weighted by molar-refractivity contribution is 5.89. The van der Waals surface area contributed by atoms with Gasteiger partial charge in [-0.3, -0.25) is 4.79 Å². The summed E-state index contributed by atoms with van der Waals surface area (Å²) in [5.74, 6) is 0.452. The Balaban J connectivity index is 1.33. The number of anilines is 1. The maximum absolute atomic E-state index is 13.3. The summed E-state index contributed by atoms with van der Waals surface area (Å²) in [6.07, 6.45) is 3.11. The van der Waals surface area contributed by atoms with Crippen LogP contribution in [0.15, 0.2) is 53.8 Å². The summed E-state index contributed by atoms with van der Waals surface area (Å²) in [4.78, 5) is 24.4. The topological polar surface area (TPSA) is 103 Å². The molecule has 11 heteroatoms. The molecule has 1 aliphatic rings. The maximum Gasteiger partial charge on any atom is 0.297 e. The molecule has 3 aromatic heterocycles. The van der Waals surface area contributed by atoms with Gasteiger partial charge in [-0.1, -0.05) is 12.1 Å². The molecule has 0 radical (unpaired) electrons. The van der Waals surface area contributed by atoms with E-state index in [1.807, 2.05) is 12.1 Å². The van der Waals surface area contributed by atoms with Gasteiger partial charge in [0.1, 0.15) is 18.5 Å². The highest BCUT2D eigenvalue weighted by Gasteiger charge is 2.25. The van der Waals surface area contributed by atoms with Crippen LogP contribution in [0.4, 0.5) is 14.6 Å². The van der Waals surface area contributed by atoms with Crippen LogP contribution in [-0.2, 0) is 0 Å². The lowest BCUT2D eigenvalue weighted by Crippen LogP contribution is -2.33. The van der Waals surface area contributed by atoms with E-state index in [2.05, 4.69) is 30.5 Å². The molecule has 0 spiro atoms. The molecule has 1 saturated carbocycles.